The molecule has 0 spiro atoms. The van der Waals surface area contributed by atoms with Crippen LogP contribution >= 0.6 is 11.3 Å². The summed E-state index contributed by atoms with van der Waals surface area (Å²) in [5.41, 5.74) is -2.16. The maximum atomic E-state index is 13.8. The second-order valence-electron chi connectivity index (χ2n) is 5.04. The van der Waals surface area contributed by atoms with Gasteiger partial charge in [-0.2, -0.15) is 8.78 Å². The molecule has 2 N–H and O–H groups in total. The van der Waals surface area contributed by atoms with E-state index in [2.05, 4.69) is 10.3 Å². The summed E-state index contributed by atoms with van der Waals surface area (Å²) in [5, 5.41) is 12.6. The van der Waals surface area contributed by atoms with E-state index in [1.54, 1.807) is 6.20 Å². The SMILES string of the molecule is CCc1cnc(CCNC(=O)C(F)(F)C2(O)CCC2)s1. The number of thiazole rings is 1. The molecule has 1 aliphatic carbocycles. The van der Waals surface area contributed by atoms with Gasteiger partial charge < -0.3 is 10.4 Å². The lowest BCUT2D eigenvalue weighted by Crippen LogP contribution is -2.60. The summed E-state index contributed by atoms with van der Waals surface area (Å²) in [4.78, 5) is 16.8. The normalized spacial score (nSPS) is 17.6. The van der Waals surface area contributed by atoms with Crippen molar-refractivity contribution in [2.24, 2.45) is 0 Å². The van der Waals surface area contributed by atoms with Crippen molar-refractivity contribution in [1.29, 1.82) is 0 Å². The number of nitrogens with zero attached hydrogens (tertiary/aromatic N) is 1. The molecule has 1 aromatic heterocycles. The van der Waals surface area contributed by atoms with Crippen LogP contribution in [0, 0.1) is 0 Å². The number of nitrogens with one attached hydrogen (secondary N) is 1. The van der Waals surface area contributed by atoms with Crippen LogP contribution in [0.3, 0.4) is 0 Å². The van der Waals surface area contributed by atoms with Gasteiger partial charge in [0.05, 0.1) is 5.01 Å². The summed E-state index contributed by atoms with van der Waals surface area (Å²) in [6.45, 7) is 2.11. The zero-order valence-electron chi connectivity index (χ0n) is 11.3. The molecule has 0 atom stereocenters. The van der Waals surface area contributed by atoms with Gasteiger partial charge in [0.1, 0.15) is 5.60 Å². The lowest BCUT2D eigenvalue weighted by Gasteiger charge is -2.41. The van der Waals surface area contributed by atoms with E-state index in [0.717, 1.165) is 16.3 Å². The number of amides is 1. The Bertz CT molecular complexity index is 486. The van der Waals surface area contributed by atoms with E-state index < -0.39 is 17.4 Å². The monoisotopic (exact) mass is 304 g/mol. The number of carbonyl (C=O) groups excluding carboxylic acids is 1. The third kappa shape index (κ3) is 2.83. The second-order valence-corrected chi connectivity index (χ2v) is 6.24. The van der Waals surface area contributed by atoms with E-state index in [1.165, 1.54) is 11.3 Å². The molecule has 0 saturated heterocycles. The van der Waals surface area contributed by atoms with Gasteiger partial charge in [-0.3, -0.25) is 4.79 Å². The molecule has 1 heterocycles. The maximum Gasteiger partial charge on any atom is 0.352 e. The van der Waals surface area contributed by atoms with Crippen molar-refractivity contribution in [2.75, 3.05) is 6.54 Å². The Labute approximate surface area is 120 Å². The van der Waals surface area contributed by atoms with Crippen molar-refractivity contribution in [2.45, 2.75) is 50.6 Å². The largest absolute Gasteiger partial charge is 0.383 e. The molecule has 1 saturated carbocycles. The lowest BCUT2D eigenvalue weighted by molar-refractivity contribution is -0.215. The van der Waals surface area contributed by atoms with Crippen molar-refractivity contribution in [1.82, 2.24) is 10.3 Å². The van der Waals surface area contributed by atoms with E-state index in [1.807, 2.05) is 6.92 Å². The molecular weight excluding hydrogens is 286 g/mol. The van der Waals surface area contributed by atoms with Crippen LogP contribution in [0.25, 0.3) is 0 Å². The fourth-order valence-electron chi connectivity index (χ4n) is 2.06. The van der Waals surface area contributed by atoms with Crippen LogP contribution in [-0.2, 0) is 17.6 Å². The number of hydrogen-bond donors (Lipinski definition) is 2. The van der Waals surface area contributed by atoms with Crippen molar-refractivity contribution >= 4 is 17.2 Å². The van der Waals surface area contributed by atoms with E-state index >= 15 is 0 Å². The van der Waals surface area contributed by atoms with E-state index in [0.29, 0.717) is 12.8 Å². The fourth-order valence-corrected chi connectivity index (χ4v) is 2.92. The topological polar surface area (TPSA) is 62.2 Å². The summed E-state index contributed by atoms with van der Waals surface area (Å²) in [7, 11) is 0. The number of carbonyl (C=O) groups is 1. The molecule has 7 heteroatoms. The van der Waals surface area contributed by atoms with E-state index in [9.17, 15) is 18.7 Å². The minimum Gasteiger partial charge on any atom is -0.383 e. The molecule has 1 aliphatic rings. The highest BCUT2D eigenvalue weighted by Gasteiger charge is 2.60. The van der Waals surface area contributed by atoms with E-state index in [-0.39, 0.29) is 19.4 Å². The number of rotatable bonds is 6. The number of halogens is 2. The Morgan fingerprint density at radius 2 is 2.30 bits per heavy atom. The summed E-state index contributed by atoms with van der Waals surface area (Å²) in [6.07, 6.45) is 3.53. The van der Waals surface area contributed by atoms with Crippen molar-refractivity contribution in [3.05, 3.63) is 16.1 Å². The quantitative estimate of drug-likeness (QED) is 0.844. The van der Waals surface area contributed by atoms with Gasteiger partial charge in [0, 0.05) is 24.0 Å². The standard InChI is InChI=1S/C13H18F2N2O2S/c1-2-9-8-17-10(20-9)4-7-16-11(18)13(14,15)12(19)5-3-6-12/h8,19H,2-7H2,1H3,(H,16,18). The molecule has 4 nitrogen and oxygen atoms in total. The van der Waals surface area contributed by atoms with Crippen LogP contribution in [-0.4, -0.2) is 34.1 Å². The van der Waals surface area contributed by atoms with Gasteiger partial charge in [0.15, 0.2) is 0 Å². The minimum atomic E-state index is -3.72. The van der Waals surface area contributed by atoms with Crippen molar-refractivity contribution in [3.63, 3.8) is 0 Å². The van der Waals surface area contributed by atoms with Crippen LogP contribution < -0.4 is 5.32 Å². The molecular formula is C13H18F2N2O2S. The number of aromatic nitrogens is 1. The first-order valence-corrected chi connectivity index (χ1v) is 7.53. The third-order valence-corrected chi connectivity index (χ3v) is 4.83. The predicted molar refractivity (Wildman–Crippen MR) is 72.0 cm³/mol. The van der Waals surface area contributed by atoms with Gasteiger partial charge in [-0.25, -0.2) is 4.98 Å². The molecule has 1 fully saturated rings. The first-order chi connectivity index (χ1) is 9.39. The molecule has 2 rings (SSSR count). The highest BCUT2D eigenvalue weighted by molar-refractivity contribution is 7.11. The highest BCUT2D eigenvalue weighted by atomic mass is 32.1. The van der Waals surface area contributed by atoms with Crippen LogP contribution in [0.4, 0.5) is 8.78 Å². The highest BCUT2D eigenvalue weighted by Crippen LogP contribution is 2.44. The first kappa shape index (κ1) is 15.3. The number of alkyl halides is 2. The van der Waals surface area contributed by atoms with Crippen LogP contribution in [0.1, 0.15) is 36.1 Å². The Morgan fingerprint density at radius 1 is 1.60 bits per heavy atom. The summed E-state index contributed by atoms with van der Waals surface area (Å²) < 4.78 is 27.5. The molecule has 0 aliphatic heterocycles. The average molecular weight is 304 g/mol. The number of hydrogen-bond acceptors (Lipinski definition) is 4. The van der Waals surface area contributed by atoms with Gasteiger partial charge in [-0.15, -0.1) is 11.3 Å². The average Bonchev–Trinajstić information content (AvgIpc) is 2.83. The smallest absolute Gasteiger partial charge is 0.352 e. The third-order valence-electron chi connectivity index (χ3n) is 3.62. The van der Waals surface area contributed by atoms with Gasteiger partial charge in [-0.05, 0) is 25.7 Å². The molecule has 1 aromatic rings. The minimum absolute atomic E-state index is 0.0280. The molecule has 1 amide bonds. The zero-order chi connectivity index (χ0) is 14.8. The van der Waals surface area contributed by atoms with E-state index in [4.69, 9.17) is 0 Å². The number of aryl methyl sites for hydroxylation is 1. The second kappa shape index (κ2) is 5.73. The van der Waals surface area contributed by atoms with Gasteiger partial charge in [-0.1, -0.05) is 6.92 Å². The Balaban J connectivity index is 1.83. The van der Waals surface area contributed by atoms with Crippen molar-refractivity contribution in [3.8, 4) is 0 Å². The van der Waals surface area contributed by atoms with Gasteiger partial charge >= 0.3 is 5.92 Å². The Hall–Kier alpha value is -1.08. The van der Waals surface area contributed by atoms with Crippen LogP contribution in [0.2, 0.25) is 0 Å². The molecule has 0 unspecified atom stereocenters. The zero-order valence-corrected chi connectivity index (χ0v) is 12.1. The summed E-state index contributed by atoms with van der Waals surface area (Å²) in [6, 6.07) is 0. The summed E-state index contributed by atoms with van der Waals surface area (Å²) in [5.74, 6) is -5.12. The van der Waals surface area contributed by atoms with Gasteiger partial charge in [0.25, 0.3) is 5.91 Å². The van der Waals surface area contributed by atoms with Gasteiger partial charge in [0.2, 0.25) is 0 Å². The lowest BCUT2D eigenvalue weighted by atomic mass is 9.75. The van der Waals surface area contributed by atoms with Crippen molar-refractivity contribution < 1.29 is 18.7 Å². The number of aliphatic hydroxyl groups is 1. The van der Waals surface area contributed by atoms with Crippen LogP contribution in [0.5, 0.6) is 0 Å². The molecule has 0 aromatic carbocycles. The molecule has 0 radical (unpaired) electrons. The Morgan fingerprint density at radius 3 is 2.80 bits per heavy atom. The molecule has 112 valence electrons. The molecule has 0 bridgehead atoms. The summed E-state index contributed by atoms with van der Waals surface area (Å²) >= 11 is 1.51. The maximum absolute atomic E-state index is 13.8. The Kier molecular flexibility index (Phi) is 4.39. The molecule has 20 heavy (non-hydrogen) atoms. The fraction of sp³-hybridized carbons (Fsp3) is 0.692. The first-order valence-electron chi connectivity index (χ1n) is 6.71. The predicted octanol–water partition coefficient (Wildman–Crippen LogP) is 1.91. The van der Waals surface area contributed by atoms with Crippen LogP contribution in [0.15, 0.2) is 6.20 Å².